The third-order valence-corrected chi connectivity index (χ3v) is 8.04. The van der Waals surface area contributed by atoms with Crippen molar-refractivity contribution in [3.8, 4) is 5.75 Å². The number of hydrogen-bond acceptors (Lipinski definition) is 6. The molecule has 0 bridgehead atoms. The first kappa shape index (κ1) is 31.7. The molecular weight excluding hydrogens is 553 g/mol. The first-order valence-electron chi connectivity index (χ1n) is 13.6. The summed E-state index contributed by atoms with van der Waals surface area (Å²) in [4.78, 5) is 45.0. The fraction of sp³-hybridized carbons (Fsp3) is 0.483. The molecule has 5 rings (SSSR count). The zero-order valence-corrected chi connectivity index (χ0v) is 24.5. The number of carbonyl (C=O) groups excluding carboxylic acids is 3. The molecule has 5 atom stereocenters. The number of ether oxygens (including phenoxy) is 1. The van der Waals surface area contributed by atoms with Crippen LogP contribution in [0.25, 0.3) is 0 Å². The number of amides is 3. The molecule has 40 heavy (non-hydrogen) atoms. The lowest BCUT2D eigenvalue weighted by atomic mass is 9.98. The van der Waals surface area contributed by atoms with Crippen LogP contribution in [0, 0.1) is 0 Å². The summed E-state index contributed by atoms with van der Waals surface area (Å²) in [6, 6.07) is 15.1. The summed E-state index contributed by atoms with van der Waals surface area (Å²) in [5, 5.41) is 9.09. The van der Waals surface area contributed by atoms with Gasteiger partial charge in [-0.1, -0.05) is 48.5 Å². The fourth-order valence-electron chi connectivity index (χ4n) is 5.74. The minimum atomic E-state index is -0.883. The third-order valence-electron chi connectivity index (χ3n) is 8.04. The van der Waals surface area contributed by atoms with Gasteiger partial charge in [0.1, 0.15) is 17.8 Å². The van der Waals surface area contributed by atoms with E-state index in [1.807, 2.05) is 54.6 Å². The Balaban J connectivity index is 0.00000220. The first-order chi connectivity index (χ1) is 18.5. The average molecular weight is 593 g/mol. The maximum absolute atomic E-state index is 14.2. The number of likely N-dealkylation sites (N-methyl/N-ethyl adjacent to an activating group) is 1. The topological polar surface area (TPSA) is 103 Å². The van der Waals surface area contributed by atoms with Crippen LogP contribution in [0.1, 0.15) is 49.4 Å². The van der Waals surface area contributed by atoms with Crippen LogP contribution in [0.5, 0.6) is 5.75 Å². The van der Waals surface area contributed by atoms with E-state index in [4.69, 9.17) is 4.74 Å². The Morgan fingerprint density at radius 2 is 1.70 bits per heavy atom. The Kier molecular flexibility index (Phi) is 11.2. The van der Waals surface area contributed by atoms with Gasteiger partial charge in [0.2, 0.25) is 11.8 Å². The van der Waals surface area contributed by atoms with Crippen molar-refractivity contribution in [2.24, 2.45) is 0 Å². The lowest BCUT2D eigenvalue weighted by molar-refractivity contribution is -0.148. The molecule has 2 saturated heterocycles. The number of nitrogens with one attached hydrogen (secondary N) is 3. The van der Waals surface area contributed by atoms with E-state index >= 15 is 0 Å². The summed E-state index contributed by atoms with van der Waals surface area (Å²) in [5.74, 6) is 0.0822. The summed E-state index contributed by atoms with van der Waals surface area (Å²) < 4.78 is 5.77. The number of benzene rings is 2. The molecule has 11 heteroatoms. The zero-order chi connectivity index (χ0) is 26.6. The molecule has 1 unspecified atom stereocenters. The normalized spacial score (nSPS) is 23.1. The van der Waals surface area contributed by atoms with Gasteiger partial charge in [-0.05, 0) is 45.0 Å². The second kappa shape index (κ2) is 14.2. The van der Waals surface area contributed by atoms with Gasteiger partial charge < -0.3 is 25.6 Å². The van der Waals surface area contributed by atoms with Crippen LogP contribution < -0.4 is 20.7 Å². The van der Waals surface area contributed by atoms with Crippen molar-refractivity contribution < 1.29 is 19.1 Å². The first-order valence-corrected chi connectivity index (χ1v) is 13.6. The highest BCUT2D eigenvalue weighted by Gasteiger charge is 2.44. The summed E-state index contributed by atoms with van der Waals surface area (Å²) >= 11 is 0. The van der Waals surface area contributed by atoms with Gasteiger partial charge in [0.15, 0.2) is 0 Å². The van der Waals surface area contributed by atoms with Gasteiger partial charge in [0.25, 0.3) is 5.91 Å². The van der Waals surface area contributed by atoms with E-state index in [-0.39, 0.29) is 54.6 Å². The molecule has 0 saturated carbocycles. The quantitative estimate of drug-likeness (QED) is 0.457. The van der Waals surface area contributed by atoms with Gasteiger partial charge in [0, 0.05) is 31.1 Å². The molecule has 0 aliphatic carbocycles. The average Bonchev–Trinajstić information content (AvgIpc) is 3.42. The van der Waals surface area contributed by atoms with E-state index in [1.165, 1.54) is 0 Å². The highest BCUT2D eigenvalue weighted by Crippen LogP contribution is 2.33. The molecule has 3 amide bonds. The summed E-state index contributed by atoms with van der Waals surface area (Å²) in [6.45, 7) is 4.14. The molecular formula is C29H39Cl2N5O4. The second-order valence-corrected chi connectivity index (χ2v) is 10.4. The monoisotopic (exact) mass is 591 g/mol. The lowest BCUT2D eigenvalue weighted by Crippen LogP contribution is -2.64. The van der Waals surface area contributed by atoms with Crippen LogP contribution in [-0.2, 0) is 14.4 Å². The molecule has 0 spiro atoms. The highest BCUT2D eigenvalue weighted by molar-refractivity contribution is 5.94. The molecule has 0 radical (unpaired) electrons. The van der Waals surface area contributed by atoms with Crippen molar-refractivity contribution in [2.45, 2.75) is 56.4 Å². The molecule has 3 aliphatic heterocycles. The van der Waals surface area contributed by atoms with Crippen molar-refractivity contribution in [1.82, 2.24) is 25.8 Å². The predicted molar refractivity (Wildman–Crippen MR) is 158 cm³/mol. The molecule has 2 aromatic carbocycles. The van der Waals surface area contributed by atoms with E-state index in [1.54, 1.807) is 18.9 Å². The number of rotatable bonds is 7. The molecule has 9 nitrogen and oxygen atoms in total. The van der Waals surface area contributed by atoms with Crippen molar-refractivity contribution in [3.63, 3.8) is 0 Å². The van der Waals surface area contributed by atoms with Crippen LogP contribution >= 0.6 is 24.8 Å². The molecule has 0 aromatic heterocycles. The van der Waals surface area contributed by atoms with E-state index in [9.17, 15) is 14.4 Å². The number of fused-ring (bicyclic) bond motifs is 2. The van der Waals surface area contributed by atoms with Crippen LogP contribution in [-0.4, -0.2) is 78.9 Å². The standard InChI is InChI=1S/C29H37N5O4.2ClH/c1-19(30-2)27(35)32-26(20-9-4-3-5-10-20)29(37)34-17-21-11-8-15-33(21)18-24(34)28(36)31-23-14-16-38-25-13-7-6-12-22(23)25;;/h3-7,9-10,12-13,19,21,23-24,26,30H,8,11,14-18H2,1-2H3,(H,31,36)(H,32,35);2*1H/t19-,21+,23+,24?,26-;;/m0../s1. The van der Waals surface area contributed by atoms with E-state index < -0.39 is 18.1 Å². The number of hydrogen-bond donors (Lipinski definition) is 3. The second-order valence-electron chi connectivity index (χ2n) is 10.4. The fourth-order valence-corrected chi connectivity index (χ4v) is 5.74. The maximum Gasteiger partial charge on any atom is 0.250 e. The molecule has 3 aliphatic rings. The van der Waals surface area contributed by atoms with E-state index in [0.717, 1.165) is 30.7 Å². The molecule has 218 valence electrons. The maximum atomic E-state index is 14.2. The van der Waals surface area contributed by atoms with Crippen molar-refractivity contribution in [2.75, 3.05) is 33.3 Å². The molecule has 3 N–H and O–H groups in total. The van der Waals surface area contributed by atoms with Crippen molar-refractivity contribution >= 4 is 42.5 Å². The molecule has 3 heterocycles. The van der Waals surface area contributed by atoms with Gasteiger partial charge in [-0.3, -0.25) is 19.3 Å². The Morgan fingerprint density at radius 3 is 2.45 bits per heavy atom. The molecule has 2 aromatic rings. The minimum Gasteiger partial charge on any atom is -0.493 e. The van der Waals surface area contributed by atoms with E-state index in [2.05, 4.69) is 20.9 Å². The van der Waals surface area contributed by atoms with Crippen LogP contribution in [0.15, 0.2) is 54.6 Å². The SMILES string of the molecule is CN[C@@H](C)C(=O)N[C@H](C(=O)N1C[C@H]2CCCN2CC1C(=O)N[C@@H]1CCOc2ccccc21)c1ccccc1.Cl.Cl. The van der Waals surface area contributed by atoms with Gasteiger partial charge in [0.05, 0.1) is 18.7 Å². The highest BCUT2D eigenvalue weighted by atomic mass is 35.5. The van der Waals surface area contributed by atoms with Gasteiger partial charge in [-0.15, -0.1) is 24.8 Å². The Hall–Kier alpha value is -2.85. The lowest BCUT2D eigenvalue weighted by Gasteiger charge is -2.44. The summed E-state index contributed by atoms with van der Waals surface area (Å²) in [5.41, 5.74) is 1.65. The third kappa shape index (κ3) is 6.71. The summed E-state index contributed by atoms with van der Waals surface area (Å²) in [7, 11) is 1.71. The predicted octanol–water partition coefficient (Wildman–Crippen LogP) is 2.61. The minimum absolute atomic E-state index is 0. The van der Waals surface area contributed by atoms with Gasteiger partial charge in [-0.25, -0.2) is 0 Å². The van der Waals surface area contributed by atoms with Crippen LogP contribution in [0.3, 0.4) is 0 Å². The molecule has 2 fully saturated rings. The number of carbonyl (C=O) groups is 3. The Bertz CT molecular complexity index is 1170. The largest absolute Gasteiger partial charge is 0.493 e. The summed E-state index contributed by atoms with van der Waals surface area (Å²) in [6.07, 6.45) is 2.71. The van der Waals surface area contributed by atoms with Gasteiger partial charge in [-0.2, -0.15) is 0 Å². The number of piperazine rings is 1. The van der Waals surface area contributed by atoms with Crippen LogP contribution in [0.2, 0.25) is 0 Å². The van der Waals surface area contributed by atoms with Crippen molar-refractivity contribution in [1.29, 1.82) is 0 Å². The number of para-hydroxylation sites is 1. The Labute approximate surface area is 248 Å². The van der Waals surface area contributed by atoms with Crippen LogP contribution in [0.4, 0.5) is 0 Å². The smallest absolute Gasteiger partial charge is 0.250 e. The van der Waals surface area contributed by atoms with Crippen molar-refractivity contribution in [3.05, 3.63) is 65.7 Å². The number of halogens is 2. The Morgan fingerprint density at radius 1 is 0.975 bits per heavy atom. The zero-order valence-electron chi connectivity index (χ0n) is 22.9. The van der Waals surface area contributed by atoms with Gasteiger partial charge >= 0.3 is 0 Å². The number of nitrogens with zero attached hydrogens (tertiary/aromatic N) is 2. The van der Waals surface area contributed by atoms with E-state index in [0.29, 0.717) is 31.7 Å².